The number of rotatable bonds is 1. The van der Waals surface area contributed by atoms with E-state index >= 15 is 0 Å². The highest BCUT2D eigenvalue weighted by Gasteiger charge is 2.34. The molecule has 2 aromatic heterocycles. The van der Waals surface area contributed by atoms with Gasteiger partial charge in [0.1, 0.15) is 17.4 Å². The molecular formula is C27H31FN6O4. The molecule has 1 atom stereocenters. The number of likely N-dealkylation sites (N-methyl/N-ethyl adjacent to an activating group) is 1. The fourth-order valence-electron chi connectivity index (χ4n) is 5.57. The van der Waals surface area contributed by atoms with Crippen molar-refractivity contribution >= 4 is 23.3 Å². The lowest BCUT2D eigenvalue weighted by molar-refractivity contribution is -0.123. The van der Waals surface area contributed by atoms with Crippen LogP contribution in [0.15, 0.2) is 30.3 Å². The summed E-state index contributed by atoms with van der Waals surface area (Å²) in [5.41, 5.74) is 2.38. The number of benzene rings is 1. The van der Waals surface area contributed by atoms with Gasteiger partial charge >= 0.3 is 0 Å². The Morgan fingerprint density at radius 1 is 1.11 bits per heavy atom. The van der Waals surface area contributed by atoms with E-state index in [0.717, 1.165) is 36.5 Å². The van der Waals surface area contributed by atoms with Crippen molar-refractivity contribution in [3.8, 4) is 5.75 Å². The summed E-state index contributed by atoms with van der Waals surface area (Å²) in [6, 6.07) is 7.40. The standard InChI is InChI=1S/C27H31FN6O4/c1-32-9-7-29-25(36)15-38-23-6-5-17(28)12-19(23)27(37)33-8-3-2-4-22(33)21-13-24-30-20(16-10-18(35)11-16)14-26(32)34(24)31-21/h5-6,12-14,16,18,22,35H,2-4,7-11,15H2,1H3,(H,29,36). The third-order valence-electron chi connectivity index (χ3n) is 7.77. The van der Waals surface area contributed by atoms with Crippen molar-refractivity contribution in [3.05, 3.63) is 53.1 Å². The molecule has 200 valence electrons. The number of carbonyl (C=O) groups excluding carboxylic acids is 2. The molecule has 10 nitrogen and oxygen atoms in total. The van der Waals surface area contributed by atoms with E-state index in [2.05, 4.69) is 5.32 Å². The molecule has 2 amide bonds. The Hall–Kier alpha value is -3.73. The maximum Gasteiger partial charge on any atom is 0.258 e. The van der Waals surface area contributed by atoms with Gasteiger partial charge in [0.25, 0.3) is 11.8 Å². The molecule has 1 aliphatic carbocycles. The lowest BCUT2D eigenvalue weighted by atomic mass is 9.80. The molecule has 3 aromatic rings. The molecular weight excluding hydrogens is 491 g/mol. The molecule has 38 heavy (non-hydrogen) atoms. The van der Waals surface area contributed by atoms with Gasteiger partial charge in [0.15, 0.2) is 12.3 Å². The van der Waals surface area contributed by atoms with Crippen LogP contribution in [0.5, 0.6) is 5.75 Å². The number of amides is 2. The van der Waals surface area contributed by atoms with Crippen molar-refractivity contribution in [1.82, 2.24) is 24.8 Å². The molecule has 2 fully saturated rings. The molecule has 6 rings (SSSR count). The fraction of sp³-hybridized carbons (Fsp3) is 0.481. The monoisotopic (exact) mass is 522 g/mol. The van der Waals surface area contributed by atoms with Crippen molar-refractivity contribution in [2.75, 3.05) is 38.2 Å². The summed E-state index contributed by atoms with van der Waals surface area (Å²) in [6.07, 6.45) is 3.51. The van der Waals surface area contributed by atoms with Crippen LogP contribution >= 0.6 is 0 Å². The number of hydrogen-bond acceptors (Lipinski definition) is 7. The van der Waals surface area contributed by atoms with Crippen LogP contribution in [0.25, 0.3) is 5.65 Å². The van der Waals surface area contributed by atoms with Gasteiger partial charge in [0.2, 0.25) is 0 Å². The van der Waals surface area contributed by atoms with Gasteiger partial charge in [0, 0.05) is 50.4 Å². The summed E-state index contributed by atoms with van der Waals surface area (Å²) in [5, 5.41) is 17.6. The van der Waals surface area contributed by atoms with Crippen molar-refractivity contribution in [3.63, 3.8) is 0 Å². The number of piperidine rings is 1. The SMILES string of the molecule is CN1CCNC(=O)COc2ccc(F)cc2C(=O)N2CCCCC2c2cc3nc(C4CC(O)C4)cc1n3n2. The number of hydrogen-bond donors (Lipinski definition) is 2. The van der Waals surface area contributed by atoms with Crippen LogP contribution in [0, 0.1) is 5.82 Å². The van der Waals surface area contributed by atoms with Crippen LogP contribution in [0.1, 0.15) is 65.8 Å². The topological polar surface area (TPSA) is 112 Å². The average molecular weight is 523 g/mol. The van der Waals surface area contributed by atoms with Gasteiger partial charge in [-0.3, -0.25) is 9.59 Å². The first-order valence-corrected chi connectivity index (χ1v) is 13.2. The largest absolute Gasteiger partial charge is 0.483 e. The maximum atomic E-state index is 14.3. The van der Waals surface area contributed by atoms with E-state index in [-0.39, 0.29) is 47.8 Å². The molecule has 2 aliphatic heterocycles. The lowest BCUT2D eigenvalue weighted by Gasteiger charge is -2.35. The van der Waals surface area contributed by atoms with E-state index in [1.54, 1.807) is 9.42 Å². The Bertz CT molecular complexity index is 1390. The number of aliphatic hydroxyl groups is 1. The van der Waals surface area contributed by atoms with E-state index in [1.165, 1.54) is 18.2 Å². The predicted octanol–water partition coefficient (Wildman–Crippen LogP) is 2.42. The Morgan fingerprint density at radius 2 is 1.95 bits per heavy atom. The van der Waals surface area contributed by atoms with Crippen LogP contribution in [0.4, 0.5) is 10.2 Å². The maximum absolute atomic E-state index is 14.3. The van der Waals surface area contributed by atoms with Gasteiger partial charge in [-0.15, -0.1) is 0 Å². The highest BCUT2D eigenvalue weighted by Crippen LogP contribution is 2.38. The Labute approximate surface area is 219 Å². The number of fused-ring (bicyclic) bond motifs is 4. The van der Waals surface area contributed by atoms with Gasteiger partial charge in [-0.1, -0.05) is 0 Å². The summed E-state index contributed by atoms with van der Waals surface area (Å²) in [6.45, 7) is 1.09. The lowest BCUT2D eigenvalue weighted by Crippen LogP contribution is -2.39. The van der Waals surface area contributed by atoms with Crippen LogP contribution in [-0.4, -0.2) is 75.8 Å². The molecule has 1 saturated carbocycles. The van der Waals surface area contributed by atoms with Gasteiger partial charge in [0.05, 0.1) is 23.4 Å². The van der Waals surface area contributed by atoms with E-state index in [9.17, 15) is 19.1 Å². The summed E-state index contributed by atoms with van der Waals surface area (Å²) in [5.74, 6) is -0.0858. The van der Waals surface area contributed by atoms with Crippen LogP contribution in [0.3, 0.4) is 0 Å². The molecule has 11 heteroatoms. The highest BCUT2D eigenvalue weighted by atomic mass is 19.1. The van der Waals surface area contributed by atoms with Crippen LogP contribution in [0.2, 0.25) is 0 Å². The molecule has 0 spiro atoms. The van der Waals surface area contributed by atoms with Gasteiger partial charge < -0.3 is 25.0 Å². The zero-order valence-corrected chi connectivity index (χ0v) is 21.3. The minimum Gasteiger partial charge on any atom is -0.483 e. The van der Waals surface area contributed by atoms with Crippen LogP contribution in [-0.2, 0) is 4.79 Å². The molecule has 1 aromatic carbocycles. The Balaban J connectivity index is 1.46. The second-order valence-corrected chi connectivity index (χ2v) is 10.4. The van der Waals surface area contributed by atoms with Crippen LogP contribution < -0.4 is 15.0 Å². The third-order valence-corrected chi connectivity index (χ3v) is 7.77. The Morgan fingerprint density at radius 3 is 2.76 bits per heavy atom. The first-order valence-electron chi connectivity index (χ1n) is 13.2. The summed E-state index contributed by atoms with van der Waals surface area (Å²) >= 11 is 0. The second-order valence-electron chi connectivity index (χ2n) is 10.4. The van der Waals surface area contributed by atoms with Gasteiger partial charge in [-0.25, -0.2) is 9.37 Å². The summed E-state index contributed by atoms with van der Waals surface area (Å²) < 4.78 is 21.7. The number of ether oxygens (including phenoxy) is 1. The van der Waals surface area contributed by atoms with Crippen molar-refractivity contribution < 1.29 is 23.8 Å². The molecule has 4 heterocycles. The van der Waals surface area contributed by atoms with Crippen molar-refractivity contribution in [2.24, 2.45) is 0 Å². The molecule has 2 N–H and O–H groups in total. The van der Waals surface area contributed by atoms with Crippen molar-refractivity contribution in [1.29, 1.82) is 0 Å². The number of halogens is 1. The van der Waals surface area contributed by atoms with E-state index in [1.807, 2.05) is 24.1 Å². The zero-order valence-electron chi connectivity index (χ0n) is 21.3. The van der Waals surface area contributed by atoms with E-state index in [0.29, 0.717) is 38.1 Å². The molecule has 1 saturated heterocycles. The second kappa shape index (κ2) is 9.86. The number of aliphatic hydroxyl groups excluding tert-OH is 1. The molecule has 2 bridgehead atoms. The van der Waals surface area contributed by atoms with E-state index in [4.69, 9.17) is 14.8 Å². The number of nitrogens with zero attached hydrogens (tertiary/aromatic N) is 5. The van der Waals surface area contributed by atoms with Gasteiger partial charge in [-0.2, -0.15) is 9.61 Å². The number of aromatic nitrogens is 3. The normalized spacial score (nSPS) is 24.4. The van der Waals surface area contributed by atoms with Gasteiger partial charge in [-0.05, 0) is 50.3 Å². The third kappa shape index (κ3) is 4.55. The minimum atomic E-state index is -0.550. The fourth-order valence-corrected chi connectivity index (χ4v) is 5.57. The zero-order chi connectivity index (χ0) is 26.4. The first kappa shape index (κ1) is 24.6. The number of anilines is 1. The number of nitrogens with one attached hydrogen (secondary N) is 1. The molecule has 3 aliphatic rings. The highest BCUT2D eigenvalue weighted by molar-refractivity contribution is 5.97. The first-order chi connectivity index (χ1) is 18.4. The van der Waals surface area contributed by atoms with E-state index < -0.39 is 5.82 Å². The summed E-state index contributed by atoms with van der Waals surface area (Å²) in [7, 11) is 1.93. The Kier molecular flexibility index (Phi) is 6.38. The predicted molar refractivity (Wildman–Crippen MR) is 137 cm³/mol. The summed E-state index contributed by atoms with van der Waals surface area (Å²) in [4.78, 5) is 34.9. The average Bonchev–Trinajstić information content (AvgIpc) is 3.33. The molecule has 0 radical (unpaired) electrons. The quantitative estimate of drug-likeness (QED) is 0.505. The van der Waals surface area contributed by atoms with Crippen molar-refractivity contribution in [2.45, 2.75) is 50.2 Å². The minimum absolute atomic E-state index is 0.0879. The number of carbonyl (C=O) groups is 2. The smallest absolute Gasteiger partial charge is 0.258 e. The molecule has 1 unspecified atom stereocenters.